The van der Waals surface area contributed by atoms with Crippen LogP contribution in [0.2, 0.25) is 0 Å². The Balaban J connectivity index is 1.94. The van der Waals surface area contributed by atoms with Crippen LogP contribution in [0.5, 0.6) is 0 Å². The van der Waals surface area contributed by atoms with Crippen LogP contribution in [0.15, 0.2) is 46.9 Å². The van der Waals surface area contributed by atoms with Gasteiger partial charge in [0, 0.05) is 5.39 Å². The molecule has 5 nitrogen and oxygen atoms in total. The molecule has 1 heterocycles. The normalized spacial score (nSPS) is 10.7. The molecule has 1 aromatic heterocycles. The first-order chi connectivity index (χ1) is 10.1. The number of carboxylic acid groups (broad SMARTS) is 1. The van der Waals surface area contributed by atoms with Crippen LogP contribution in [0.1, 0.15) is 11.5 Å². The maximum atomic E-state index is 10.8. The lowest BCUT2D eigenvalue weighted by molar-refractivity contribution is -0.136. The van der Waals surface area contributed by atoms with Crippen LogP contribution in [-0.2, 0) is 11.2 Å². The van der Waals surface area contributed by atoms with E-state index in [0.717, 1.165) is 16.5 Å². The molecule has 0 bridgehead atoms. The summed E-state index contributed by atoms with van der Waals surface area (Å²) in [7, 11) is 0. The minimum absolute atomic E-state index is 0.171. The molecule has 0 unspecified atom stereocenters. The number of nitrogens with zero attached hydrogens (tertiary/aromatic N) is 1. The van der Waals surface area contributed by atoms with E-state index in [1.54, 1.807) is 6.92 Å². The van der Waals surface area contributed by atoms with E-state index in [-0.39, 0.29) is 6.42 Å². The summed E-state index contributed by atoms with van der Waals surface area (Å²) in [5.74, 6) is -0.573. The lowest BCUT2D eigenvalue weighted by atomic mass is 10.1. The summed E-state index contributed by atoms with van der Waals surface area (Å²) in [4.78, 5) is 15.0. The van der Waals surface area contributed by atoms with Crippen LogP contribution in [-0.4, -0.2) is 16.1 Å². The molecule has 0 radical (unpaired) electrons. The van der Waals surface area contributed by atoms with E-state index < -0.39 is 5.97 Å². The molecule has 0 spiro atoms. The molecule has 0 aliphatic carbocycles. The Labute approximate surface area is 121 Å². The molecule has 0 atom stereocenters. The van der Waals surface area contributed by atoms with Gasteiger partial charge >= 0.3 is 5.97 Å². The Bertz CT molecular complexity index is 803. The zero-order chi connectivity index (χ0) is 14.8. The lowest BCUT2D eigenvalue weighted by Crippen LogP contribution is -1.99. The van der Waals surface area contributed by atoms with E-state index in [9.17, 15) is 4.79 Å². The third-order valence-electron chi connectivity index (χ3n) is 3.24. The molecule has 21 heavy (non-hydrogen) atoms. The summed E-state index contributed by atoms with van der Waals surface area (Å²) in [6, 6.07) is 14.2. The summed E-state index contributed by atoms with van der Waals surface area (Å²) in [5, 5.41) is 14.1. The highest BCUT2D eigenvalue weighted by atomic mass is 16.4. The Morgan fingerprint density at radius 3 is 2.81 bits per heavy atom. The first kappa shape index (κ1) is 13.2. The van der Waals surface area contributed by atoms with Gasteiger partial charge in [-0.05, 0) is 18.4 Å². The van der Waals surface area contributed by atoms with E-state index in [1.165, 1.54) is 0 Å². The SMILES string of the molecule is Cc1nc(Nc2cccc3ccccc23)oc1CC(=O)O. The molecule has 106 valence electrons. The summed E-state index contributed by atoms with van der Waals surface area (Å²) in [6.45, 7) is 1.73. The van der Waals surface area contributed by atoms with Gasteiger partial charge in [0.2, 0.25) is 0 Å². The first-order valence-corrected chi connectivity index (χ1v) is 6.56. The van der Waals surface area contributed by atoms with Gasteiger partial charge in [0.05, 0.1) is 11.4 Å². The number of aryl methyl sites for hydroxylation is 1. The summed E-state index contributed by atoms with van der Waals surface area (Å²) in [6.07, 6.45) is -0.171. The number of carboxylic acids is 1. The zero-order valence-corrected chi connectivity index (χ0v) is 11.5. The van der Waals surface area contributed by atoms with Crippen molar-refractivity contribution in [1.29, 1.82) is 0 Å². The number of fused-ring (bicyclic) bond motifs is 1. The van der Waals surface area contributed by atoms with Crippen LogP contribution < -0.4 is 5.32 Å². The number of hydrogen-bond donors (Lipinski definition) is 2. The van der Waals surface area contributed by atoms with Crippen molar-refractivity contribution in [2.24, 2.45) is 0 Å². The predicted molar refractivity (Wildman–Crippen MR) is 79.8 cm³/mol. The fourth-order valence-corrected chi connectivity index (χ4v) is 2.23. The van der Waals surface area contributed by atoms with Gasteiger partial charge in [-0.15, -0.1) is 0 Å². The Hall–Kier alpha value is -2.82. The highest BCUT2D eigenvalue weighted by molar-refractivity contribution is 5.94. The van der Waals surface area contributed by atoms with Crippen molar-refractivity contribution in [3.8, 4) is 0 Å². The molecule has 2 aromatic carbocycles. The van der Waals surface area contributed by atoms with E-state index in [1.807, 2.05) is 42.5 Å². The van der Waals surface area contributed by atoms with Gasteiger partial charge < -0.3 is 14.8 Å². The van der Waals surface area contributed by atoms with Gasteiger partial charge in [-0.25, -0.2) is 0 Å². The highest BCUT2D eigenvalue weighted by Crippen LogP contribution is 2.27. The molecule has 0 saturated heterocycles. The molecular formula is C16H14N2O3. The van der Waals surface area contributed by atoms with Crippen LogP contribution in [0.25, 0.3) is 10.8 Å². The molecular weight excluding hydrogens is 268 g/mol. The number of hydrogen-bond acceptors (Lipinski definition) is 4. The molecule has 2 N–H and O–H groups in total. The van der Waals surface area contributed by atoms with Gasteiger partial charge in [-0.3, -0.25) is 4.79 Å². The van der Waals surface area contributed by atoms with Crippen molar-refractivity contribution in [1.82, 2.24) is 4.98 Å². The van der Waals surface area contributed by atoms with Crippen molar-refractivity contribution in [3.63, 3.8) is 0 Å². The number of benzene rings is 2. The molecule has 3 rings (SSSR count). The van der Waals surface area contributed by atoms with E-state index in [2.05, 4.69) is 10.3 Å². The molecule has 0 amide bonds. The molecule has 5 heteroatoms. The van der Waals surface area contributed by atoms with E-state index in [0.29, 0.717) is 17.5 Å². The molecule has 0 fully saturated rings. The predicted octanol–water partition coefficient (Wildman–Crippen LogP) is 3.51. The second kappa shape index (κ2) is 5.28. The number of anilines is 2. The minimum Gasteiger partial charge on any atom is -0.481 e. The van der Waals surface area contributed by atoms with Gasteiger partial charge in [-0.1, -0.05) is 36.4 Å². The summed E-state index contributed by atoms with van der Waals surface area (Å²) < 4.78 is 5.48. The number of aromatic nitrogens is 1. The fourth-order valence-electron chi connectivity index (χ4n) is 2.23. The number of nitrogens with one attached hydrogen (secondary N) is 1. The standard InChI is InChI=1S/C16H14N2O3/c1-10-14(9-15(19)20)21-16(17-10)18-13-8-4-6-11-5-2-3-7-12(11)13/h2-8H,9H2,1H3,(H,17,18)(H,19,20). The average molecular weight is 282 g/mol. The van der Waals surface area contributed by atoms with Gasteiger partial charge in [0.15, 0.2) is 0 Å². The minimum atomic E-state index is -0.939. The largest absolute Gasteiger partial charge is 0.481 e. The molecule has 0 saturated carbocycles. The van der Waals surface area contributed by atoms with Crippen molar-refractivity contribution >= 4 is 28.4 Å². The van der Waals surface area contributed by atoms with E-state index >= 15 is 0 Å². The van der Waals surface area contributed by atoms with Crippen molar-refractivity contribution in [2.45, 2.75) is 13.3 Å². The van der Waals surface area contributed by atoms with E-state index in [4.69, 9.17) is 9.52 Å². The topological polar surface area (TPSA) is 75.4 Å². The van der Waals surface area contributed by atoms with Crippen LogP contribution in [0, 0.1) is 6.92 Å². The van der Waals surface area contributed by atoms with Crippen molar-refractivity contribution in [2.75, 3.05) is 5.32 Å². The second-order valence-electron chi connectivity index (χ2n) is 4.75. The molecule has 3 aromatic rings. The van der Waals surface area contributed by atoms with Crippen molar-refractivity contribution in [3.05, 3.63) is 53.9 Å². The number of aliphatic carboxylic acids is 1. The smallest absolute Gasteiger partial charge is 0.311 e. The third-order valence-corrected chi connectivity index (χ3v) is 3.24. The van der Waals surface area contributed by atoms with Crippen molar-refractivity contribution < 1.29 is 14.3 Å². The quantitative estimate of drug-likeness (QED) is 0.766. The van der Waals surface area contributed by atoms with Gasteiger partial charge in [0.1, 0.15) is 12.2 Å². The van der Waals surface area contributed by atoms with Gasteiger partial charge in [-0.2, -0.15) is 4.98 Å². The maximum absolute atomic E-state index is 10.8. The van der Waals surface area contributed by atoms with Crippen LogP contribution in [0.3, 0.4) is 0 Å². The summed E-state index contributed by atoms with van der Waals surface area (Å²) >= 11 is 0. The highest BCUT2D eigenvalue weighted by Gasteiger charge is 2.13. The molecule has 0 aliphatic heterocycles. The van der Waals surface area contributed by atoms with Gasteiger partial charge in [0.25, 0.3) is 6.01 Å². The number of carbonyl (C=O) groups is 1. The third kappa shape index (κ3) is 2.72. The zero-order valence-electron chi connectivity index (χ0n) is 11.5. The maximum Gasteiger partial charge on any atom is 0.311 e. The average Bonchev–Trinajstić information content (AvgIpc) is 2.78. The molecule has 0 aliphatic rings. The summed E-state index contributed by atoms with van der Waals surface area (Å²) in [5.41, 5.74) is 1.45. The first-order valence-electron chi connectivity index (χ1n) is 6.56. The monoisotopic (exact) mass is 282 g/mol. The van der Waals surface area contributed by atoms with Crippen LogP contribution in [0.4, 0.5) is 11.7 Å². The Kier molecular flexibility index (Phi) is 3.31. The number of rotatable bonds is 4. The van der Waals surface area contributed by atoms with Crippen LogP contribution >= 0.6 is 0 Å². The fraction of sp³-hybridized carbons (Fsp3) is 0.125. The second-order valence-corrected chi connectivity index (χ2v) is 4.75. The Morgan fingerprint density at radius 1 is 1.24 bits per heavy atom. The Morgan fingerprint density at radius 2 is 2.00 bits per heavy atom. The lowest BCUT2D eigenvalue weighted by Gasteiger charge is -2.06. The number of oxazole rings is 1.